The fourth-order valence-corrected chi connectivity index (χ4v) is 4.32. The van der Waals surface area contributed by atoms with Gasteiger partial charge in [-0.2, -0.15) is 0 Å². The topological polar surface area (TPSA) is 66.6 Å². The van der Waals surface area contributed by atoms with E-state index in [1.807, 2.05) is 65.7 Å². The zero-order valence-electron chi connectivity index (χ0n) is 14.2. The van der Waals surface area contributed by atoms with Crippen LogP contribution in [0.3, 0.4) is 0 Å². The van der Waals surface area contributed by atoms with Gasteiger partial charge >= 0.3 is 0 Å². The number of hydrogen-bond donors (Lipinski definition) is 2. The smallest absolute Gasteiger partial charge is 0.217 e. The van der Waals surface area contributed by atoms with E-state index in [1.165, 1.54) is 4.41 Å². The largest absolute Gasteiger partial charge is 0.322 e. The third-order valence-corrected chi connectivity index (χ3v) is 5.54. The van der Waals surface area contributed by atoms with Gasteiger partial charge in [0.05, 0.1) is 12.1 Å². The summed E-state index contributed by atoms with van der Waals surface area (Å²) in [6.45, 7) is 1.49. The molecule has 0 spiro atoms. The third-order valence-electron chi connectivity index (χ3n) is 4.70. The van der Waals surface area contributed by atoms with Crippen LogP contribution in [-0.2, 0) is 10.9 Å². The molecule has 3 rings (SSSR count). The van der Waals surface area contributed by atoms with Crippen LogP contribution in [0, 0.1) is 0 Å². The first-order valence-electron chi connectivity index (χ1n) is 8.72. The van der Waals surface area contributed by atoms with Crippen LogP contribution in [0.25, 0.3) is 0 Å². The van der Waals surface area contributed by atoms with Gasteiger partial charge in [0, 0.05) is 13.1 Å². The predicted molar refractivity (Wildman–Crippen MR) is 100 cm³/mol. The molecule has 0 aromatic heterocycles. The van der Waals surface area contributed by atoms with Gasteiger partial charge in [-0.15, -0.1) is 4.41 Å². The highest BCUT2D eigenvalue weighted by Crippen LogP contribution is 2.34. The molecule has 2 atom stereocenters. The SMILES string of the molecule is N[C@@H](c1ccccc1)[C@H](c1ccccc1)N(N1CCCCC1)[SH](=O)=O. The molecule has 0 bridgehead atoms. The summed E-state index contributed by atoms with van der Waals surface area (Å²) in [5.41, 5.74) is 8.41. The molecule has 0 unspecified atom stereocenters. The Morgan fingerprint density at radius 1 is 0.840 bits per heavy atom. The van der Waals surface area contributed by atoms with Gasteiger partial charge in [0.25, 0.3) is 0 Å². The molecule has 1 saturated heterocycles. The van der Waals surface area contributed by atoms with Crippen molar-refractivity contribution in [3.8, 4) is 0 Å². The van der Waals surface area contributed by atoms with Gasteiger partial charge in [-0.1, -0.05) is 67.1 Å². The highest BCUT2D eigenvalue weighted by molar-refractivity contribution is 7.69. The van der Waals surface area contributed by atoms with Crippen molar-refractivity contribution < 1.29 is 8.42 Å². The quantitative estimate of drug-likeness (QED) is 0.778. The number of piperidine rings is 1. The van der Waals surface area contributed by atoms with Gasteiger partial charge in [0.1, 0.15) is 0 Å². The Morgan fingerprint density at radius 2 is 1.36 bits per heavy atom. The first kappa shape index (κ1) is 18.1. The zero-order chi connectivity index (χ0) is 17.6. The number of rotatable bonds is 6. The van der Waals surface area contributed by atoms with Crippen LogP contribution in [-0.4, -0.2) is 30.9 Å². The van der Waals surface area contributed by atoms with Gasteiger partial charge in [0.15, 0.2) is 0 Å². The van der Waals surface area contributed by atoms with Crippen LogP contribution in [0.5, 0.6) is 0 Å². The van der Waals surface area contributed by atoms with Gasteiger partial charge in [-0.05, 0) is 24.0 Å². The normalized spacial score (nSPS) is 18.4. The van der Waals surface area contributed by atoms with Crippen LogP contribution in [0.2, 0.25) is 0 Å². The van der Waals surface area contributed by atoms with E-state index in [0.29, 0.717) is 0 Å². The minimum absolute atomic E-state index is 0.446. The van der Waals surface area contributed by atoms with E-state index in [0.717, 1.165) is 43.5 Å². The zero-order valence-corrected chi connectivity index (χ0v) is 15.1. The number of hydrogen-bond acceptors (Lipinski definition) is 4. The maximum absolute atomic E-state index is 12.2. The maximum Gasteiger partial charge on any atom is 0.217 e. The summed E-state index contributed by atoms with van der Waals surface area (Å²) in [7, 11) is -2.79. The van der Waals surface area contributed by atoms with E-state index < -0.39 is 23.0 Å². The average molecular weight is 359 g/mol. The Morgan fingerprint density at radius 3 is 1.88 bits per heavy atom. The summed E-state index contributed by atoms with van der Waals surface area (Å²) in [6, 6.07) is 18.5. The summed E-state index contributed by atoms with van der Waals surface area (Å²) >= 11 is 0. The second kappa shape index (κ2) is 8.58. The molecule has 0 saturated carbocycles. The van der Waals surface area contributed by atoms with Crippen molar-refractivity contribution in [2.45, 2.75) is 31.3 Å². The summed E-state index contributed by atoms with van der Waals surface area (Å²) in [5.74, 6) is 0. The van der Waals surface area contributed by atoms with Crippen molar-refractivity contribution in [1.29, 1.82) is 0 Å². The molecule has 0 radical (unpaired) electrons. The van der Waals surface area contributed by atoms with E-state index >= 15 is 0 Å². The fourth-order valence-electron chi connectivity index (χ4n) is 3.45. The highest BCUT2D eigenvalue weighted by atomic mass is 32.2. The van der Waals surface area contributed by atoms with Crippen molar-refractivity contribution in [1.82, 2.24) is 9.42 Å². The van der Waals surface area contributed by atoms with E-state index in [4.69, 9.17) is 5.73 Å². The molecule has 25 heavy (non-hydrogen) atoms. The van der Waals surface area contributed by atoms with Crippen molar-refractivity contribution in [3.63, 3.8) is 0 Å². The third kappa shape index (κ3) is 4.27. The van der Waals surface area contributed by atoms with Crippen molar-refractivity contribution >= 4 is 10.9 Å². The fraction of sp³-hybridized carbons (Fsp3) is 0.368. The summed E-state index contributed by atoms with van der Waals surface area (Å²) < 4.78 is 25.9. The van der Waals surface area contributed by atoms with Crippen LogP contribution < -0.4 is 5.73 Å². The van der Waals surface area contributed by atoms with Gasteiger partial charge in [0.2, 0.25) is 10.9 Å². The standard InChI is InChI=1S/C19H25N3O2S/c20-18(16-10-4-1-5-11-16)19(17-12-6-2-7-13-17)22(25(23)24)21-14-8-3-9-15-21/h1-2,4-7,10-13,18-19,25H,3,8-9,14-15,20H2/t18-,19-/m0/s1. The molecule has 5 nitrogen and oxygen atoms in total. The van der Waals surface area contributed by atoms with E-state index in [2.05, 4.69) is 0 Å². The van der Waals surface area contributed by atoms with Crippen LogP contribution in [0.1, 0.15) is 42.5 Å². The predicted octanol–water partition coefficient (Wildman–Crippen LogP) is 2.66. The molecule has 0 amide bonds. The first-order chi connectivity index (χ1) is 12.2. The number of hydrazine groups is 1. The lowest BCUT2D eigenvalue weighted by molar-refractivity contribution is 0.000218. The Bertz CT molecular complexity index is 723. The lowest BCUT2D eigenvalue weighted by Gasteiger charge is -2.40. The summed E-state index contributed by atoms with van der Waals surface area (Å²) in [4.78, 5) is 0. The van der Waals surface area contributed by atoms with Crippen LogP contribution in [0.4, 0.5) is 0 Å². The Kier molecular flexibility index (Phi) is 6.20. The number of nitrogens with two attached hydrogens (primary N) is 1. The lowest BCUT2D eigenvalue weighted by atomic mass is 9.94. The molecule has 6 heteroatoms. The monoisotopic (exact) mass is 359 g/mol. The van der Waals surface area contributed by atoms with Crippen molar-refractivity contribution in [2.24, 2.45) is 5.73 Å². The van der Waals surface area contributed by atoms with Crippen LogP contribution >= 0.6 is 0 Å². The number of benzene rings is 2. The molecule has 1 aliphatic heterocycles. The molecule has 2 aromatic rings. The molecule has 2 aromatic carbocycles. The number of thiol groups is 1. The second-order valence-electron chi connectivity index (χ2n) is 6.36. The van der Waals surface area contributed by atoms with Crippen LogP contribution in [0.15, 0.2) is 60.7 Å². The van der Waals surface area contributed by atoms with Crippen molar-refractivity contribution in [3.05, 3.63) is 71.8 Å². The minimum Gasteiger partial charge on any atom is -0.322 e. The van der Waals surface area contributed by atoms with Crippen molar-refractivity contribution in [2.75, 3.05) is 13.1 Å². The van der Waals surface area contributed by atoms with E-state index in [1.54, 1.807) is 0 Å². The van der Waals surface area contributed by atoms with Gasteiger partial charge in [-0.25, -0.2) is 13.4 Å². The molecule has 1 heterocycles. The minimum atomic E-state index is -2.79. The highest BCUT2D eigenvalue weighted by Gasteiger charge is 2.34. The molecule has 134 valence electrons. The first-order valence-corrected chi connectivity index (χ1v) is 9.85. The molecular formula is C19H25N3O2S. The number of nitrogens with zero attached hydrogens (tertiary/aromatic N) is 2. The lowest BCUT2D eigenvalue weighted by Crippen LogP contribution is -2.49. The molecular weight excluding hydrogens is 334 g/mol. The maximum atomic E-state index is 12.2. The van der Waals surface area contributed by atoms with E-state index in [9.17, 15) is 8.42 Å². The second-order valence-corrected chi connectivity index (χ2v) is 7.25. The molecule has 2 N–H and O–H groups in total. The summed E-state index contributed by atoms with van der Waals surface area (Å²) in [5, 5.41) is 1.94. The average Bonchev–Trinajstić information content (AvgIpc) is 2.67. The van der Waals surface area contributed by atoms with Gasteiger partial charge in [-0.3, -0.25) is 0 Å². The van der Waals surface area contributed by atoms with E-state index in [-0.39, 0.29) is 0 Å². The molecule has 1 fully saturated rings. The van der Waals surface area contributed by atoms with Gasteiger partial charge < -0.3 is 5.73 Å². The Hall–Kier alpha value is -1.73. The Balaban J connectivity index is 2.02. The summed E-state index contributed by atoms with van der Waals surface area (Å²) in [6.07, 6.45) is 3.14. The molecule has 0 aliphatic carbocycles. The Labute approximate surface area is 151 Å². The molecule has 1 aliphatic rings.